The molecule has 9 heteroatoms. The molecule has 0 radical (unpaired) electrons. The third-order valence-electron chi connectivity index (χ3n) is 5.48. The van der Waals surface area contributed by atoms with Crippen molar-refractivity contribution in [2.75, 3.05) is 27.1 Å². The van der Waals surface area contributed by atoms with Crippen LogP contribution in [0.4, 0.5) is 4.79 Å². The molecule has 1 amide bonds. The highest BCUT2D eigenvalue weighted by atomic mass is 79.9. The predicted molar refractivity (Wildman–Crippen MR) is 122 cm³/mol. The Hall–Kier alpha value is -2.94. The smallest absolute Gasteiger partial charge is 0.410 e. The molecule has 0 saturated carbocycles. The van der Waals surface area contributed by atoms with Gasteiger partial charge in [0.2, 0.25) is 6.79 Å². The summed E-state index contributed by atoms with van der Waals surface area (Å²) >= 11 is 3.54. The molecule has 2 aromatic carbocycles. The molecule has 4 rings (SSSR count). The number of rotatable bonds is 6. The topological polar surface area (TPSA) is 83.5 Å². The van der Waals surface area contributed by atoms with Crippen LogP contribution in [0.1, 0.15) is 36.6 Å². The zero-order valence-corrected chi connectivity index (χ0v) is 20.3. The van der Waals surface area contributed by atoms with Gasteiger partial charge in [-0.1, -0.05) is 35.8 Å². The highest BCUT2D eigenvalue weighted by Gasteiger charge is 2.38. The number of carbonyl (C=O) groups excluding carboxylic acids is 2. The fourth-order valence-electron chi connectivity index (χ4n) is 3.81. The summed E-state index contributed by atoms with van der Waals surface area (Å²) < 4.78 is 28.1. The van der Waals surface area contributed by atoms with Crippen LogP contribution in [-0.4, -0.2) is 44.0 Å². The monoisotopic (exact) mass is 519 g/mol. The van der Waals surface area contributed by atoms with Gasteiger partial charge >= 0.3 is 12.1 Å². The van der Waals surface area contributed by atoms with Crippen molar-refractivity contribution in [3.63, 3.8) is 0 Å². The Labute approximate surface area is 200 Å². The number of nitrogens with zero attached hydrogens (tertiary/aromatic N) is 1. The van der Waals surface area contributed by atoms with Gasteiger partial charge in [-0.3, -0.25) is 4.90 Å². The van der Waals surface area contributed by atoms with E-state index < -0.39 is 18.1 Å². The number of fused-ring (bicyclic) bond motifs is 2. The van der Waals surface area contributed by atoms with Crippen molar-refractivity contribution >= 4 is 28.0 Å². The van der Waals surface area contributed by atoms with Gasteiger partial charge < -0.3 is 23.7 Å². The summed E-state index contributed by atoms with van der Waals surface area (Å²) in [5, 5.41) is 0. The molecular weight excluding hydrogens is 494 g/mol. The van der Waals surface area contributed by atoms with Crippen LogP contribution in [-0.2, 0) is 27.3 Å². The zero-order valence-electron chi connectivity index (χ0n) is 18.8. The molecule has 1 unspecified atom stereocenters. The second-order valence-corrected chi connectivity index (χ2v) is 9.14. The number of amides is 1. The van der Waals surface area contributed by atoms with Gasteiger partial charge in [-0.05, 0) is 47.7 Å². The van der Waals surface area contributed by atoms with Gasteiger partial charge in [-0.15, -0.1) is 0 Å². The van der Waals surface area contributed by atoms with E-state index in [1.165, 1.54) is 12.0 Å². The number of benzene rings is 2. The van der Waals surface area contributed by atoms with E-state index in [0.717, 1.165) is 15.6 Å². The highest BCUT2D eigenvalue weighted by Crippen LogP contribution is 2.38. The Balaban J connectivity index is 1.51. The number of carbonyl (C=O) groups is 2. The van der Waals surface area contributed by atoms with Gasteiger partial charge in [0.15, 0.2) is 17.5 Å². The van der Waals surface area contributed by atoms with Gasteiger partial charge in [0.05, 0.1) is 13.7 Å². The van der Waals surface area contributed by atoms with Crippen LogP contribution < -0.4 is 14.2 Å². The molecule has 2 aliphatic heterocycles. The number of ether oxygens (including phenoxy) is 5. The minimum absolute atomic E-state index is 0.201. The normalized spacial score (nSPS) is 16.4. The zero-order chi connectivity index (χ0) is 23.5. The molecule has 1 atom stereocenters. The molecule has 8 nitrogen and oxygen atoms in total. The van der Waals surface area contributed by atoms with E-state index in [0.29, 0.717) is 42.4 Å². The van der Waals surface area contributed by atoms with E-state index in [1.54, 1.807) is 6.07 Å². The minimum atomic E-state index is -0.851. The minimum Gasteiger partial charge on any atom is -0.489 e. The van der Waals surface area contributed by atoms with Crippen LogP contribution in [0.3, 0.4) is 0 Å². The molecule has 2 aromatic rings. The summed E-state index contributed by atoms with van der Waals surface area (Å²) in [4.78, 5) is 26.6. The molecule has 0 bridgehead atoms. The second kappa shape index (κ2) is 9.91. The number of methoxy groups -OCH3 is 1. The first kappa shape index (κ1) is 23.2. The summed E-state index contributed by atoms with van der Waals surface area (Å²) in [6.07, 6.45) is 0.0579. The van der Waals surface area contributed by atoms with Crippen molar-refractivity contribution < 1.29 is 33.3 Å². The Morgan fingerprint density at radius 1 is 1.18 bits per heavy atom. The molecule has 2 aliphatic rings. The summed E-state index contributed by atoms with van der Waals surface area (Å²) in [6, 6.07) is 8.40. The van der Waals surface area contributed by atoms with Crippen LogP contribution in [0.25, 0.3) is 0 Å². The van der Waals surface area contributed by atoms with Gasteiger partial charge in [0.25, 0.3) is 0 Å². The third-order valence-corrected chi connectivity index (χ3v) is 6.22. The van der Waals surface area contributed by atoms with Gasteiger partial charge in [0, 0.05) is 16.6 Å². The third kappa shape index (κ3) is 5.03. The molecule has 176 valence electrons. The van der Waals surface area contributed by atoms with Gasteiger partial charge in [0.1, 0.15) is 12.4 Å². The predicted octanol–water partition coefficient (Wildman–Crippen LogP) is 4.62. The first-order valence-corrected chi connectivity index (χ1v) is 11.5. The van der Waals surface area contributed by atoms with Crippen LogP contribution in [0, 0.1) is 5.92 Å². The van der Waals surface area contributed by atoms with Crippen LogP contribution in [0.5, 0.6) is 17.2 Å². The fourth-order valence-corrected chi connectivity index (χ4v) is 4.24. The van der Waals surface area contributed by atoms with E-state index >= 15 is 0 Å². The van der Waals surface area contributed by atoms with E-state index in [-0.39, 0.29) is 19.3 Å². The lowest BCUT2D eigenvalue weighted by Gasteiger charge is -2.35. The van der Waals surface area contributed by atoms with Crippen molar-refractivity contribution in [3.05, 3.63) is 51.5 Å². The molecule has 0 fully saturated rings. The van der Waals surface area contributed by atoms with Crippen molar-refractivity contribution in [3.8, 4) is 17.2 Å². The van der Waals surface area contributed by atoms with Crippen LogP contribution in [0.2, 0.25) is 0 Å². The van der Waals surface area contributed by atoms with E-state index in [9.17, 15) is 9.59 Å². The molecule has 0 saturated heterocycles. The standard InChI is InChI=1S/C24H26BrNO7/c1-14(2)11-31-24(28)26-7-6-15-8-17(4-5-18(15)22(26)23(27)29-3)30-12-16-9-20-21(10-19(16)25)33-13-32-20/h4-5,8-10,14,22H,6-7,11-13H2,1-3H3. The van der Waals surface area contributed by atoms with Gasteiger partial charge in [-0.2, -0.15) is 0 Å². The Morgan fingerprint density at radius 2 is 1.94 bits per heavy atom. The van der Waals surface area contributed by atoms with Crippen molar-refractivity contribution in [2.45, 2.75) is 32.9 Å². The highest BCUT2D eigenvalue weighted by molar-refractivity contribution is 9.10. The summed E-state index contributed by atoms with van der Waals surface area (Å²) in [5.41, 5.74) is 2.57. The van der Waals surface area contributed by atoms with Crippen LogP contribution >= 0.6 is 15.9 Å². The van der Waals surface area contributed by atoms with Gasteiger partial charge in [-0.25, -0.2) is 9.59 Å². The van der Waals surface area contributed by atoms with Crippen molar-refractivity contribution in [1.82, 2.24) is 4.90 Å². The van der Waals surface area contributed by atoms with E-state index in [1.807, 2.05) is 38.1 Å². The first-order chi connectivity index (χ1) is 15.9. The Morgan fingerprint density at radius 3 is 2.67 bits per heavy atom. The molecule has 0 aliphatic carbocycles. The lowest BCUT2D eigenvalue weighted by atomic mass is 9.92. The Kier molecular flexibility index (Phi) is 6.97. The van der Waals surface area contributed by atoms with E-state index in [4.69, 9.17) is 23.7 Å². The summed E-state index contributed by atoms with van der Waals surface area (Å²) in [5.74, 6) is 1.75. The lowest BCUT2D eigenvalue weighted by Crippen LogP contribution is -2.44. The average Bonchev–Trinajstić information content (AvgIpc) is 3.26. The number of halogens is 1. The number of esters is 1. The molecule has 0 N–H and O–H groups in total. The Bertz CT molecular complexity index is 1060. The maximum absolute atomic E-state index is 12.6. The van der Waals surface area contributed by atoms with E-state index in [2.05, 4.69) is 15.9 Å². The lowest BCUT2D eigenvalue weighted by molar-refractivity contribution is -0.147. The second-order valence-electron chi connectivity index (χ2n) is 8.29. The maximum Gasteiger partial charge on any atom is 0.410 e. The van der Waals surface area contributed by atoms with Crippen molar-refractivity contribution in [2.24, 2.45) is 5.92 Å². The largest absolute Gasteiger partial charge is 0.489 e. The number of hydrogen-bond acceptors (Lipinski definition) is 7. The summed E-state index contributed by atoms with van der Waals surface area (Å²) in [6.45, 7) is 5.09. The fraction of sp³-hybridized carbons (Fsp3) is 0.417. The number of hydrogen-bond donors (Lipinski definition) is 0. The molecule has 33 heavy (non-hydrogen) atoms. The first-order valence-electron chi connectivity index (χ1n) is 10.7. The quantitative estimate of drug-likeness (QED) is 0.514. The molecule has 0 aromatic heterocycles. The average molecular weight is 520 g/mol. The molecule has 0 spiro atoms. The SMILES string of the molecule is COC(=O)C1c2ccc(OCc3cc4c(cc3Br)OCO4)cc2CCN1C(=O)OCC(C)C. The van der Waals surface area contributed by atoms with Crippen molar-refractivity contribution in [1.29, 1.82) is 0 Å². The maximum atomic E-state index is 12.6. The molecule has 2 heterocycles. The molecular formula is C24H26BrNO7. The van der Waals surface area contributed by atoms with Crippen LogP contribution in [0.15, 0.2) is 34.8 Å². The summed E-state index contributed by atoms with van der Waals surface area (Å²) in [7, 11) is 1.31.